The normalized spacial score (nSPS) is 27.5. The number of para-hydroxylation sites is 1. The Labute approximate surface area is 104 Å². The number of nitrogens with zero attached hydrogens (tertiary/aromatic N) is 1. The van der Waals surface area contributed by atoms with Crippen LogP contribution in [0.1, 0.15) is 24.8 Å². The van der Waals surface area contributed by atoms with Gasteiger partial charge in [0.2, 0.25) is 0 Å². The van der Waals surface area contributed by atoms with Gasteiger partial charge in [0.25, 0.3) is 0 Å². The first kappa shape index (κ1) is 11.1. The van der Waals surface area contributed by atoms with Crippen molar-refractivity contribution in [3.05, 3.63) is 29.8 Å². The monoisotopic (exact) mass is 230 g/mol. The van der Waals surface area contributed by atoms with Crippen LogP contribution in [0, 0.1) is 11.8 Å². The molecular weight excluding hydrogens is 208 g/mol. The van der Waals surface area contributed by atoms with Crippen LogP contribution >= 0.6 is 0 Å². The van der Waals surface area contributed by atoms with Gasteiger partial charge in [-0.25, -0.2) is 0 Å². The third-order valence-corrected chi connectivity index (χ3v) is 4.56. The summed E-state index contributed by atoms with van der Waals surface area (Å²) in [6.07, 6.45) is 5.31. The fourth-order valence-corrected chi connectivity index (χ4v) is 3.54. The van der Waals surface area contributed by atoms with E-state index in [9.17, 15) is 0 Å². The molecule has 0 saturated heterocycles. The molecule has 2 atom stereocenters. The van der Waals surface area contributed by atoms with Crippen molar-refractivity contribution in [2.75, 3.05) is 24.5 Å². The lowest BCUT2D eigenvalue weighted by Gasteiger charge is -2.26. The zero-order valence-electron chi connectivity index (χ0n) is 10.4. The standard InChI is InChI=1S/C15H22N2/c16-10-13-5-3-6-14(13)11-17-9-8-12-4-1-2-7-15(12)17/h1-2,4,7,13-14H,3,5-6,8-11,16H2. The van der Waals surface area contributed by atoms with Crippen LogP contribution in [0.15, 0.2) is 24.3 Å². The van der Waals surface area contributed by atoms with Crippen LogP contribution in [-0.2, 0) is 6.42 Å². The number of fused-ring (bicyclic) bond motifs is 1. The van der Waals surface area contributed by atoms with Crippen molar-refractivity contribution in [3.63, 3.8) is 0 Å². The average molecular weight is 230 g/mol. The number of hydrogen-bond donors (Lipinski definition) is 1. The van der Waals surface area contributed by atoms with E-state index in [1.165, 1.54) is 50.0 Å². The lowest BCUT2D eigenvalue weighted by Crippen LogP contribution is -2.31. The molecule has 1 fully saturated rings. The molecule has 2 heteroatoms. The summed E-state index contributed by atoms with van der Waals surface area (Å²) in [4.78, 5) is 2.58. The molecule has 1 aliphatic heterocycles. The third-order valence-electron chi connectivity index (χ3n) is 4.56. The fourth-order valence-electron chi connectivity index (χ4n) is 3.54. The predicted molar refractivity (Wildman–Crippen MR) is 72.2 cm³/mol. The second kappa shape index (κ2) is 4.69. The summed E-state index contributed by atoms with van der Waals surface area (Å²) in [5.41, 5.74) is 8.87. The lowest BCUT2D eigenvalue weighted by molar-refractivity contribution is 0.397. The van der Waals surface area contributed by atoms with Crippen LogP contribution in [0.4, 0.5) is 5.69 Å². The summed E-state index contributed by atoms with van der Waals surface area (Å²) in [6.45, 7) is 3.30. The molecule has 1 aliphatic carbocycles. The first-order valence-electron chi connectivity index (χ1n) is 6.91. The van der Waals surface area contributed by atoms with Crippen molar-refractivity contribution in [1.29, 1.82) is 0 Å². The van der Waals surface area contributed by atoms with Crippen LogP contribution in [-0.4, -0.2) is 19.6 Å². The number of nitrogens with two attached hydrogens (primary N) is 1. The molecule has 2 aliphatic rings. The summed E-state index contributed by atoms with van der Waals surface area (Å²) < 4.78 is 0. The van der Waals surface area contributed by atoms with Crippen LogP contribution in [0.3, 0.4) is 0 Å². The van der Waals surface area contributed by atoms with Crippen LogP contribution in [0.5, 0.6) is 0 Å². The molecule has 2 N–H and O–H groups in total. The lowest BCUT2D eigenvalue weighted by atomic mass is 9.95. The van der Waals surface area contributed by atoms with Crippen molar-refractivity contribution in [3.8, 4) is 0 Å². The average Bonchev–Trinajstić information content (AvgIpc) is 2.97. The number of benzene rings is 1. The van der Waals surface area contributed by atoms with E-state index in [0.29, 0.717) is 0 Å². The van der Waals surface area contributed by atoms with Gasteiger partial charge >= 0.3 is 0 Å². The van der Waals surface area contributed by atoms with Gasteiger partial charge in [0.05, 0.1) is 0 Å². The number of anilines is 1. The highest BCUT2D eigenvalue weighted by atomic mass is 15.1. The van der Waals surface area contributed by atoms with Gasteiger partial charge in [-0.1, -0.05) is 24.6 Å². The second-order valence-corrected chi connectivity index (χ2v) is 5.51. The first-order chi connectivity index (χ1) is 8.38. The van der Waals surface area contributed by atoms with Crippen LogP contribution in [0.2, 0.25) is 0 Å². The van der Waals surface area contributed by atoms with Gasteiger partial charge < -0.3 is 10.6 Å². The zero-order chi connectivity index (χ0) is 11.7. The Morgan fingerprint density at radius 3 is 2.88 bits per heavy atom. The summed E-state index contributed by atoms with van der Waals surface area (Å²) in [7, 11) is 0. The maximum atomic E-state index is 5.87. The van der Waals surface area contributed by atoms with E-state index in [1.54, 1.807) is 0 Å². The van der Waals surface area contributed by atoms with Crippen LogP contribution < -0.4 is 10.6 Å². The SMILES string of the molecule is NCC1CCCC1CN1CCc2ccccc21. The zero-order valence-corrected chi connectivity index (χ0v) is 10.4. The van der Waals surface area contributed by atoms with Crippen molar-refractivity contribution in [2.24, 2.45) is 17.6 Å². The van der Waals surface area contributed by atoms with Gasteiger partial charge in [0.1, 0.15) is 0 Å². The van der Waals surface area contributed by atoms with Crippen molar-refractivity contribution < 1.29 is 0 Å². The minimum atomic E-state index is 0.766. The van der Waals surface area contributed by atoms with Gasteiger partial charge in [-0.05, 0) is 49.3 Å². The van der Waals surface area contributed by atoms with E-state index < -0.39 is 0 Å². The Hall–Kier alpha value is -1.02. The quantitative estimate of drug-likeness (QED) is 0.864. The maximum Gasteiger partial charge on any atom is 0.0399 e. The van der Waals surface area contributed by atoms with Crippen LogP contribution in [0.25, 0.3) is 0 Å². The van der Waals surface area contributed by atoms with E-state index >= 15 is 0 Å². The minimum Gasteiger partial charge on any atom is -0.371 e. The summed E-state index contributed by atoms with van der Waals surface area (Å²) in [5.74, 6) is 1.59. The van der Waals surface area contributed by atoms with E-state index in [4.69, 9.17) is 5.73 Å². The topological polar surface area (TPSA) is 29.3 Å². The highest BCUT2D eigenvalue weighted by Gasteiger charge is 2.29. The Kier molecular flexibility index (Phi) is 3.06. The second-order valence-electron chi connectivity index (χ2n) is 5.51. The molecule has 2 unspecified atom stereocenters. The molecule has 1 heterocycles. The molecule has 0 radical (unpaired) electrons. The summed E-state index contributed by atoms with van der Waals surface area (Å²) in [6, 6.07) is 8.85. The van der Waals surface area contributed by atoms with E-state index in [0.717, 1.165) is 18.4 Å². The van der Waals surface area contributed by atoms with Gasteiger partial charge in [0, 0.05) is 18.8 Å². The van der Waals surface area contributed by atoms with Gasteiger partial charge in [-0.15, -0.1) is 0 Å². The highest BCUT2D eigenvalue weighted by molar-refractivity contribution is 5.57. The molecular formula is C15H22N2. The van der Waals surface area contributed by atoms with Crippen molar-refractivity contribution in [2.45, 2.75) is 25.7 Å². The molecule has 2 nitrogen and oxygen atoms in total. The molecule has 0 amide bonds. The van der Waals surface area contributed by atoms with Gasteiger partial charge in [-0.2, -0.15) is 0 Å². The van der Waals surface area contributed by atoms with E-state index in [1.807, 2.05) is 0 Å². The van der Waals surface area contributed by atoms with E-state index in [-0.39, 0.29) is 0 Å². The van der Waals surface area contributed by atoms with Gasteiger partial charge in [-0.3, -0.25) is 0 Å². The Bertz CT molecular complexity index is 388. The Morgan fingerprint density at radius 2 is 2.00 bits per heavy atom. The largest absolute Gasteiger partial charge is 0.371 e. The Morgan fingerprint density at radius 1 is 1.18 bits per heavy atom. The molecule has 1 aromatic rings. The molecule has 0 spiro atoms. The molecule has 3 rings (SSSR count). The smallest absolute Gasteiger partial charge is 0.0399 e. The third kappa shape index (κ3) is 2.06. The molecule has 17 heavy (non-hydrogen) atoms. The molecule has 0 aromatic heterocycles. The predicted octanol–water partition coefficient (Wildman–Crippen LogP) is 2.42. The molecule has 0 bridgehead atoms. The van der Waals surface area contributed by atoms with Crippen molar-refractivity contribution in [1.82, 2.24) is 0 Å². The molecule has 92 valence electrons. The Balaban J connectivity index is 1.71. The first-order valence-corrected chi connectivity index (χ1v) is 6.91. The van der Waals surface area contributed by atoms with Crippen molar-refractivity contribution >= 4 is 5.69 Å². The molecule has 1 aromatic carbocycles. The number of hydrogen-bond acceptors (Lipinski definition) is 2. The highest BCUT2D eigenvalue weighted by Crippen LogP contribution is 2.35. The minimum absolute atomic E-state index is 0.766. The summed E-state index contributed by atoms with van der Waals surface area (Å²) in [5, 5.41) is 0. The fraction of sp³-hybridized carbons (Fsp3) is 0.600. The van der Waals surface area contributed by atoms with E-state index in [2.05, 4.69) is 29.2 Å². The maximum absolute atomic E-state index is 5.87. The molecule has 1 saturated carbocycles. The number of rotatable bonds is 3. The summed E-state index contributed by atoms with van der Waals surface area (Å²) >= 11 is 0. The van der Waals surface area contributed by atoms with Gasteiger partial charge in [0.15, 0.2) is 0 Å².